The van der Waals surface area contributed by atoms with Gasteiger partial charge in [0.15, 0.2) is 0 Å². The number of rotatable bonds is 5. The van der Waals surface area contributed by atoms with Crippen molar-refractivity contribution >= 4 is 15.9 Å². The summed E-state index contributed by atoms with van der Waals surface area (Å²) >= 11 is 3.44. The van der Waals surface area contributed by atoms with Crippen LogP contribution in [0, 0.1) is 11.6 Å². The van der Waals surface area contributed by atoms with E-state index in [2.05, 4.69) is 21.2 Å². The summed E-state index contributed by atoms with van der Waals surface area (Å²) in [5, 5.41) is 3.04. The molecular weight excluding hydrogens is 328 g/mol. The van der Waals surface area contributed by atoms with Gasteiger partial charge in [-0.15, -0.1) is 0 Å². The van der Waals surface area contributed by atoms with Crippen molar-refractivity contribution in [3.05, 3.63) is 63.6 Å². The van der Waals surface area contributed by atoms with Crippen LogP contribution in [0.15, 0.2) is 40.9 Å². The average Bonchev–Trinajstić information content (AvgIpc) is 2.42. The average molecular weight is 342 g/mol. The fourth-order valence-corrected chi connectivity index (χ4v) is 2.18. The van der Waals surface area contributed by atoms with Gasteiger partial charge in [-0.25, -0.2) is 8.78 Å². The molecule has 1 N–H and O–H groups in total. The van der Waals surface area contributed by atoms with E-state index < -0.39 is 11.6 Å². The summed E-state index contributed by atoms with van der Waals surface area (Å²) in [6.45, 7) is 0.533. The fraction of sp³-hybridized carbons (Fsp3) is 0.200. The summed E-state index contributed by atoms with van der Waals surface area (Å²) < 4.78 is 33.4. The maximum atomic E-state index is 13.5. The lowest BCUT2D eigenvalue weighted by atomic mass is 10.2. The minimum absolute atomic E-state index is 0.0643. The van der Waals surface area contributed by atoms with Crippen LogP contribution in [0.25, 0.3) is 0 Å². The van der Waals surface area contributed by atoms with Crippen LogP contribution in [0.3, 0.4) is 0 Å². The van der Waals surface area contributed by atoms with Crippen molar-refractivity contribution in [3.8, 4) is 5.75 Å². The highest BCUT2D eigenvalue weighted by Crippen LogP contribution is 2.24. The zero-order valence-electron chi connectivity index (χ0n) is 10.9. The van der Waals surface area contributed by atoms with Crippen molar-refractivity contribution in [2.75, 3.05) is 7.05 Å². The Hall–Kier alpha value is -1.46. The molecule has 0 radical (unpaired) electrons. The summed E-state index contributed by atoms with van der Waals surface area (Å²) in [7, 11) is 1.84. The van der Waals surface area contributed by atoms with E-state index in [0.29, 0.717) is 12.3 Å². The molecule has 0 spiro atoms. The summed E-state index contributed by atoms with van der Waals surface area (Å²) in [4.78, 5) is 0. The van der Waals surface area contributed by atoms with Crippen LogP contribution in [0.5, 0.6) is 5.75 Å². The van der Waals surface area contributed by atoms with Gasteiger partial charge in [-0.05, 0) is 42.9 Å². The first-order valence-corrected chi connectivity index (χ1v) is 6.90. The third-order valence-electron chi connectivity index (χ3n) is 2.83. The molecule has 2 aromatic carbocycles. The van der Waals surface area contributed by atoms with Gasteiger partial charge in [0.25, 0.3) is 0 Å². The van der Waals surface area contributed by atoms with Crippen LogP contribution >= 0.6 is 15.9 Å². The largest absolute Gasteiger partial charge is 0.489 e. The summed E-state index contributed by atoms with van der Waals surface area (Å²) in [6.07, 6.45) is 0. The molecule has 0 heterocycles. The molecule has 0 amide bonds. The topological polar surface area (TPSA) is 21.3 Å². The second-order valence-corrected chi connectivity index (χ2v) is 5.13. The molecule has 0 unspecified atom stereocenters. The van der Waals surface area contributed by atoms with Gasteiger partial charge in [-0.2, -0.15) is 0 Å². The molecule has 0 aliphatic carbocycles. The van der Waals surface area contributed by atoms with Gasteiger partial charge in [-0.1, -0.05) is 22.0 Å². The van der Waals surface area contributed by atoms with E-state index in [4.69, 9.17) is 4.74 Å². The zero-order chi connectivity index (χ0) is 14.5. The van der Waals surface area contributed by atoms with E-state index in [1.54, 1.807) is 6.07 Å². The van der Waals surface area contributed by atoms with Crippen molar-refractivity contribution in [2.45, 2.75) is 13.2 Å². The van der Waals surface area contributed by atoms with Crippen molar-refractivity contribution in [2.24, 2.45) is 0 Å². The smallest absolute Gasteiger partial charge is 0.132 e. The van der Waals surface area contributed by atoms with Gasteiger partial charge in [0.1, 0.15) is 24.0 Å². The Kier molecular flexibility index (Phi) is 5.09. The Balaban J connectivity index is 2.13. The third kappa shape index (κ3) is 3.55. The van der Waals surface area contributed by atoms with Crippen molar-refractivity contribution < 1.29 is 13.5 Å². The van der Waals surface area contributed by atoms with Gasteiger partial charge in [0, 0.05) is 11.0 Å². The minimum Gasteiger partial charge on any atom is -0.489 e. The van der Waals surface area contributed by atoms with E-state index in [9.17, 15) is 8.78 Å². The quantitative estimate of drug-likeness (QED) is 0.886. The predicted octanol–water partition coefficient (Wildman–Crippen LogP) is 4.03. The van der Waals surface area contributed by atoms with Crippen molar-refractivity contribution in [1.29, 1.82) is 0 Å². The standard InChI is InChI=1S/C15H14BrF2NO/c1-19-8-10-7-11(5-6-13(10)16)20-9-12-14(17)3-2-4-15(12)18/h2-7,19H,8-9H2,1H3. The van der Waals surface area contributed by atoms with Gasteiger partial charge in [0.2, 0.25) is 0 Å². The SMILES string of the molecule is CNCc1cc(OCc2c(F)cccc2F)ccc1Br. The second-order valence-electron chi connectivity index (χ2n) is 4.27. The number of nitrogens with one attached hydrogen (secondary N) is 1. The zero-order valence-corrected chi connectivity index (χ0v) is 12.5. The van der Waals surface area contributed by atoms with Crippen LogP contribution in [0.2, 0.25) is 0 Å². The lowest BCUT2D eigenvalue weighted by molar-refractivity contribution is 0.292. The summed E-state index contributed by atoms with van der Waals surface area (Å²) in [5.74, 6) is -0.628. The maximum absolute atomic E-state index is 13.5. The fourth-order valence-electron chi connectivity index (χ4n) is 1.79. The molecular formula is C15H14BrF2NO. The van der Waals surface area contributed by atoms with E-state index in [1.165, 1.54) is 18.2 Å². The monoisotopic (exact) mass is 341 g/mol. The summed E-state index contributed by atoms with van der Waals surface area (Å²) in [6, 6.07) is 9.20. The lowest BCUT2D eigenvalue weighted by Gasteiger charge is -2.10. The van der Waals surface area contributed by atoms with E-state index >= 15 is 0 Å². The highest BCUT2D eigenvalue weighted by molar-refractivity contribution is 9.10. The molecule has 2 aromatic rings. The van der Waals surface area contributed by atoms with Crippen LogP contribution in [0.4, 0.5) is 8.78 Å². The van der Waals surface area contributed by atoms with Crippen LogP contribution in [0.1, 0.15) is 11.1 Å². The number of hydrogen-bond acceptors (Lipinski definition) is 2. The molecule has 0 atom stereocenters. The molecule has 2 rings (SSSR count). The second kappa shape index (κ2) is 6.81. The number of hydrogen-bond donors (Lipinski definition) is 1. The number of benzene rings is 2. The molecule has 5 heteroatoms. The van der Waals surface area contributed by atoms with E-state index in [-0.39, 0.29) is 12.2 Å². The van der Waals surface area contributed by atoms with Crippen molar-refractivity contribution in [1.82, 2.24) is 5.32 Å². The predicted molar refractivity (Wildman–Crippen MR) is 77.6 cm³/mol. The Morgan fingerprint density at radius 2 is 1.85 bits per heavy atom. The van der Waals surface area contributed by atoms with Gasteiger partial charge >= 0.3 is 0 Å². The lowest BCUT2D eigenvalue weighted by Crippen LogP contribution is -2.06. The Bertz CT molecular complexity index is 584. The highest BCUT2D eigenvalue weighted by atomic mass is 79.9. The minimum atomic E-state index is -0.599. The van der Waals surface area contributed by atoms with E-state index in [0.717, 1.165) is 10.0 Å². The third-order valence-corrected chi connectivity index (χ3v) is 3.60. The first kappa shape index (κ1) is 14.9. The molecule has 20 heavy (non-hydrogen) atoms. The molecule has 0 aliphatic rings. The molecule has 2 nitrogen and oxygen atoms in total. The molecule has 106 valence electrons. The molecule has 0 aromatic heterocycles. The van der Waals surface area contributed by atoms with Crippen LogP contribution in [-0.4, -0.2) is 7.05 Å². The number of halogens is 3. The first-order chi connectivity index (χ1) is 9.61. The highest BCUT2D eigenvalue weighted by Gasteiger charge is 2.09. The molecule has 0 fully saturated rings. The van der Waals surface area contributed by atoms with Gasteiger partial charge in [0.05, 0.1) is 5.56 Å². The molecule has 0 saturated carbocycles. The van der Waals surface area contributed by atoms with Gasteiger partial charge in [-0.3, -0.25) is 0 Å². The Morgan fingerprint density at radius 1 is 1.15 bits per heavy atom. The van der Waals surface area contributed by atoms with Crippen LogP contribution < -0.4 is 10.1 Å². The normalized spacial score (nSPS) is 10.6. The molecule has 0 aliphatic heterocycles. The van der Waals surface area contributed by atoms with Gasteiger partial charge < -0.3 is 10.1 Å². The number of ether oxygens (including phenoxy) is 1. The van der Waals surface area contributed by atoms with Crippen molar-refractivity contribution in [3.63, 3.8) is 0 Å². The molecule has 0 saturated heterocycles. The molecule has 0 bridgehead atoms. The maximum Gasteiger partial charge on any atom is 0.132 e. The van der Waals surface area contributed by atoms with Crippen LogP contribution in [-0.2, 0) is 13.2 Å². The first-order valence-electron chi connectivity index (χ1n) is 6.10. The van der Waals surface area contributed by atoms with E-state index in [1.807, 2.05) is 19.2 Å². The Morgan fingerprint density at radius 3 is 2.50 bits per heavy atom. The summed E-state index contributed by atoms with van der Waals surface area (Å²) in [5.41, 5.74) is 0.949. The Labute approximate surface area is 124 Å².